The summed E-state index contributed by atoms with van der Waals surface area (Å²) in [7, 11) is 0. The smallest absolute Gasteiger partial charge is 0.319 e. The third kappa shape index (κ3) is 5.31. The largest absolute Gasteiger partial charge is 0.339 e. The van der Waals surface area contributed by atoms with E-state index in [9.17, 15) is 4.79 Å². The summed E-state index contributed by atoms with van der Waals surface area (Å²) in [6.07, 6.45) is 1.42. The van der Waals surface area contributed by atoms with Crippen LogP contribution in [0.3, 0.4) is 0 Å². The molecule has 0 bridgehead atoms. The minimum Gasteiger partial charge on any atom is -0.339 e. The van der Waals surface area contributed by atoms with E-state index in [0.29, 0.717) is 28.8 Å². The molecule has 7 heteroatoms. The van der Waals surface area contributed by atoms with Crippen molar-refractivity contribution in [1.82, 2.24) is 15.5 Å². The number of rotatable bonds is 6. The second-order valence-electron chi connectivity index (χ2n) is 6.30. The number of benzene rings is 2. The fourth-order valence-electron chi connectivity index (χ4n) is 2.42. The lowest BCUT2D eigenvalue weighted by Gasteiger charge is -2.12. The van der Waals surface area contributed by atoms with Gasteiger partial charge in [0, 0.05) is 22.3 Å². The lowest BCUT2D eigenvalue weighted by Crippen LogP contribution is -2.35. The van der Waals surface area contributed by atoms with Crippen LogP contribution in [0.1, 0.15) is 31.7 Å². The van der Waals surface area contributed by atoms with Crippen molar-refractivity contribution in [3.63, 3.8) is 0 Å². The minimum atomic E-state index is -0.220. The Morgan fingerprint density at radius 1 is 1.15 bits per heavy atom. The van der Waals surface area contributed by atoms with Crippen LogP contribution in [-0.2, 0) is 6.42 Å². The van der Waals surface area contributed by atoms with Crippen molar-refractivity contribution in [3.8, 4) is 11.4 Å². The Morgan fingerprint density at radius 3 is 2.52 bits per heavy atom. The number of carbonyl (C=O) groups is 1. The number of halogens is 1. The highest BCUT2D eigenvalue weighted by Crippen LogP contribution is 2.20. The monoisotopic (exact) mass is 384 g/mol. The Balaban J connectivity index is 1.63. The maximum Gasteiger partial charge on any atom is 0.319 e. The van der Waals surface area contributed by atoms with Gasteiger partial charge in [-0.1, -0.05) is 35.8 Å². The summed E-state index contributed by atoms with van der Waals surface area (Å²) < 4.78 is 5.33. The van der Waals surface area contributed by atoms with E-state index < -0.39 is 0 Å². The molecule has 0 aliphatic heterocycles. The van der Waals surface area contributed by atoms with Crippen LogP contribution in [0.5, 0.6) is 0 Å². The first-order chi connectivity index (χ1) is 13.0. The molecular weight excluding hydrogens is 364 g/mol. The molecule has 3 aromatic rings. The maximum absolute atomic E-state index is 11.9. The second-order valence-corrected chi connectivity index (χ2v) is 6.74. The molecular formula is C20H21ClN4O2. The molecule has 1 heterocycles. The number of nitrogens with one attached hydrogen (secondary N) is 2. The van der Waals surface area contributed by atoms with Crippen LogP contribution in [0.25, 0.3) is 11.4 Å². The van der Waals surface area contributed by atoms with Crippen LogP contribution in [0.4, 0.5) is 10.5 Å². The highest BCUT2D eigenvalue weighted by Gasteiger charge is 2.10. The minimum absolute atomic E-state index is 0.127. The molecule has 3 rings (SSSR count). The second kappa shape index (κ2) is 8.68. The van der Waals surface area contributed by atoms with Gasteiger partial charge < -0.3 is 15.2 Å². The summed E-state index contributed by atoms with van der Waals surface area (Å²) in [5.74, 6) is 1.04. The van der Waals surface area contributed by atoms with E-state index in [0.717, 1.165) is 17.5 Å². The lowest BCUT2D eigenvalue weighted by molar-refractivity contribution is 0.249. The molecule has 0 aliphatic rings. The molecule has 0 aliphatic carbocycles. The summed E-state index contributed by atoms with van der Waals surface area (Å²) in [6, 6.07) is 14.7. The van der Waals surface area contributed by atoms with Gasteiger partial charge in [-0.05, 0) is 55.3 Å². The van der Waals surface area contributed by atoms with Crippen molar-refractivity contribution in [2.45, 2.75) is 32.7 Å². The Kier molecular flexibility index (Phi) is 6.08. The maximum atomic E-state index is 11.9. The van der Waals surface area contributed by atoms with Gasteiger partial charge in [-0.2, -0.15) is 4.98 Å². The van der Waals surface area contributed by atoms with Crippen molar-refractivity contribution in [2.75, 3.05) is 5.32 Å². The number of hydrogen-bond donors (Lipinski definition) is 2. The van der Waals surface area contributed by atoms with Gasteiger partial charge in [0.2, 0.25) is 11.7 Å². The standard InChI is InChI=1S/C20H21ClN4O2/c1-3-13(2)22-20(26)23-17-10-6-15(7-11-17)19-24-18(27-25-19)12-14-4-8-16(21)9-5-14/h4-11,13H,3,12H2,1-2H3,(H2,22,23,26)/t13-/m0/s1. The molecule has 1 atom stereocenters. The highest BCUT2D eigenvalue weighted by molar-refractivity contribution is 6.30. The number of aromatic nitrogens is 2. The highest BCUT2D eigenvalue weighted by atomic mass is 35.5. The van der Waals surface area contributed by atoms with E-state index in [1.807, 2.05) is 50.2 Å². The van der Waals surface area contributed by atoms with E-state index in [1.165, 1.54) is 0 Å². The molecule has 2 aromatic carbocycles. The number of carbonyl (C=O) groups excluding carboxylic acids is 1. The van der Waals surface area contributed by atoms with Gasteiger partial charge >= 0.3 is 6.03 Å². The van der Waals surface area contributed by atoms with E-state index in [-0.39, 0.29) is 12.1 Å². The Hall–Kier alpha value is -2.86. The predicted molar refractivity (Wildman–Crippen MR) is 106 cm³/mol. The first kappa shape index (κ1) is 18.9. The van der Waals surface area contributed by atoms with E-state index in [4.69, 9.17) is 16.1 Å². The van der Waals surface area contributed by atoms with Crippen LogP contribution in [0.2, 0.25) is 5.02 Å². The van der Waals surface area contributed by atoms with Crippen LogP contribution >= 0.6 is 11.6 Å². The molecule has 0 saturated heterocycles. The molecule has 0 fully saturated rings. The Labute approximate surface area is 162 Å². The van der Waals surface area contributed by atoms with Gasteiger partial charge in [-0.25, -0.2) is 4.79 Å². The van der Waals surface area contributed by atoms with Crippen LogP contribution < -0.4 is 10.6 Å². The predicted octanol–water partition coefficient (Wildman–Crippen LogP) is 4.90. The molecule has 140 valence electrons. The van der Waals surface area contributed by atoms with Crippen molar-refractivity contribution in [2.24, 2.45) is 0 Å². The molecule has 0 unspecified atom stereocenters. The fraction of sp³-hybridized carbons (Fsp3) is 0.250. The molecule has 2 amide bonds. The van der Waals surface area contributed by atoms with Crippen LogP contribution in [0.15, 0.2) is 53.1 Å². The normalized spacial score (nSPS) is 11.8. The summed E-state index contributed by atoms with van der Waals surface area (Å²) in [5, 5.41) is 10.4. The van der Waals surface area contributed by atoms with Gasteiger partial charge in [0.1, 0.15) is 0 Å². The SMILES string of the molecule is CC[C@H](C)NC(=O)Nc1ccc(-c2noc(Cc3ccc(Cl)cc3)n2)cc1. The van der Waals surface area contributed by atoms with Gasteiger partial charge in [0.25, 0.3) is 0 Å². The quantitative estimate of drug-likeness (QED) is 0.633. The zero-order chi connectivity index (χ0) is 19.2. The van der Waals surface area contributed by atoms with E-state index in [2.05, 4.69) is 20.8 Å². The van der Waals surface area contributed by atoms with Crippen molar-refractivity contribution >= 4 is 23.3 Å². The van der Waals surface area contributed by atoms with Crippen LogP contribution in [-0.4, -0.2) is 22.2 Å². The van der Waals surface area contributed by atoms with Crippen molar-refractivity contribution in [1.29, 1.82) is 0 Å². The van der Waals surface area contributed by atoms with Gasteiger partial charge in [0.05, 0.1) is 6.42 Å². The number of hydrogen-bond acceptors (Lipinski definition) is 4. The first-order valence-corrected chi connectivity index (χ1v) is 9.16. The molecule has 0 radical (unpaired) electrons. The lowest BCUT2D eigenvalue weighted by atomic mass is 10.1. The summed E-state index contributed by atoms with van der Waals surface area (Å²) in [4.78, 5) is 16.3. The molecule has 27 heavy (non-hydrogen) atoms. The van der Waals surface area contributed by atoms with Crippen molar-refractivity contribution < 1.29 is 9.32 Å². The Morgan fingerprint density at radius 2 is 1.85 bits per heavy atom. The van der Waals surface area contributed by atoms with Crippen molar-refractivity contribution in [3.05, 3.63) is 65.0 Å². The molecule has 6 nitrogen and oxygen atoms in total. The summed E-state index contributed by atoms with van der Waals surface area (Å²) in [6.45, 7) is 3.98. The molecule has 0 spiro atoms. The number of amides is 2. The van der Waals surface area contributed by atoms with Crippen LogP contribution in [0, 0.1) is 0 Å². The average molecular weight is 385 g/mol. The average Bonchev–Trinajstić information content (AvgIpc) is 3.12. The topological polar surface area (TPSA) is 80.0 Å². The Bertz CT molecular complexity index is 891. The van der Waals surface area contributed by atoms with Gasteiger partial charge in [0.15, 0.2) is 0 Å². The van der Waals surface area contributed by atoms with E-state index >= 15 is 0 Å². The number of nitrogens with zero attached hydrogens (tertiary/aromatic N) is 2. The summed E-state index contributed by atoms with van der Waals surface area (Å²) >= 11 is 5.89. The fourth-order valence-corrected chi connectivity index (χ4v) is 2.54. The number of urea groups is 1. The number of anilines is 1. The molecule has 1 aromatic heterocycles. The van der Waals surface area contributed by atoms with E-state index in [1.54, 1.807) is 12.1 Å². The zero-order valence-corrected chi connectivity index (χ0v) is 16.0. The summed E-state index contributed by atoms with van der Waals surface area (Å²) in [5.41, 5.74) is 2.56. The molecule has 2 N–H and O–H groups in total. The van der Waals surface area contributed by atoms with Gasteiger partial charge in [-0.3, -0.25) is 0 Å². The third-order valence-corrected chi connectivity index (χ3v) is 4.38. The first-order valence-electron chi connectivity index (χ1n) is 8.78. The zero-order valence-electron chi connectivity index (χ0n) is 15.2. The third-order valence-electron chi connectivity index (χ3n) is 4.13. The molecule has 0 saturated carbocycles. The van der Waals surface area contributed by atoms with Gasteiger partial charge in [-0.15, -0.1) is 0 Å².